The van der Waals surface area contributed by atoms with Crippen molar-refractivity contribution in [2.75, 3.05) is 18.4 Å². The molecule has 0 aromatic heterocycles. The third-order valence-corrected chi connectivity index (χ3v) is 8.43. The Kier molecular flexibility index (Phi) is 8.87. The first kappa shape index (κ1) is 26.6. The minimum Gasteiger partial charge on any atom is -0.324 e. The van der Waals surface area contributed by atoms with Crippen LogP contribution < -0.4 is 5.32 Å². The summed E-state index contributed by atoms with van der Waals surface area (Å²) in [6, 6.07) is 19.5. The van der Waals surface area contributed by atoms with E-state index in [2.05, 4.69) is 5.32 Å². The summed E-state index contributed by atoms with van der Waals surface area (Å²) in [5, 5.41) is 3.03. The van der Waals surface area contributed by atoms with Crippen molar-refractivity contribution in [1.82, 2.24) is 4.31 Å². The number of rotatable bonds is 10. The zero-order valence-corrected chi connectivity index (χ0v) is 22.2. The monoisotopic (exact) mass is 492 g/mol. The van der Waals surface area contributed by atoms with Crippen LogP contribution in [0, 0.1) is 20.8 Å². The molecule has 3 aromatic carbocycles. The normalized spacial score (nSPS) is 11.6. The molecule has 3 rings (SSSR count). The molecule has 186 valence electrons. The van der Waals surface area contributed by atoms with Crippen LogP contribution in [0.2, 0.25) is 0 Å². The van der Waals surface area contributed by atoms with Crippen LogP contribution in [0.5, 0.6) is 0 Å². The highest BCUT2D eigenvalue weighted by Crippen LogP contribution is 2.27. The summed E-state index contributed by atoms with van der Waals surface area (Å²) in [5.41, 5.74) is 6.30. The first-order chi connectivity index (χ1) is 16.7. The van der Waals surface area contributed by atoms with E-state index in [0.29, 0.717) is 17.5 Å². The van der Waals surface area contributed by atoms with Gasteiger partial charge in [-0.1, -0.05) is 80.1 Å². The van der Waals surface area contributed by atoms with Crippen molar-refractivity contribution in [2.24, 2.45) is 0 Å². The Balaban J connectivity index is 1.94. The van der Waals surface area contributed by atoms with Gasteiger partial charge in [0.15, 0.2) is 0 Å². The second-order valence-corrected chi connectivity index (χ2v) is 10.9. The fourth-order valence-corrected chi connectivity index (χ4v) is 6.44. The van der Waals surface area contributed by atoms with Crippen molar-refractivity contribution in [2.45, 2.75) is 58.8 Å². The van der Waals surface area contributed by atoms with Gasteiger partial charge in [0.2, 0.25) is 15.9 Å². The molecule has 0 saturated heterocycles. The third kappa shape index (κ3) is 6.38. The van der Waals surface area contributed by atoms with Crippen LogP contribution in [-0.2, 0) is 34.1 Å². The molecule has 1 amide bonds. The molecule has 0 unspecified atom stereocenters. The highest BCUT2D eigenvalue weighted by atomic mass is 32.2. The molecule has 6 heteroatoms. The van der Waals surface area contributed by atoms with E-state index >= 15 is 0 Å². The molecule has 0 radical (unpaired) electrons. The van der Waals surface area contributed by atoms with Crippen LogP contribution in [0.1, 0.15) is 47.2 Å². The van der Waals surface area contributed by atoms with E-state index in [-0.39, 0.29) is 23.9 Å². The van der Waals surface area contributed by atoms with Gasteiger partial charge in [-0.3, -0.25) is 4.79 Å². The quantitative estimate of drug-likeness (QED) is 0.400. The maximum Gasteiger partial charge on any atom is 0.244 e. The molecule has 0 atom stereocenters. The molecule has 1 N–H and O–H groups in total. The summed E-state index contributed by atoms with van der Waals surface area (Å²) >= 11 is 0. The van der Waals surface area contributed by atoms with Crippen molar-refractivity contribution in [3.05, 3.63) is 94.0 Å². The molecule has 35 heavy (non-hydrogen) atoms. The SMILES string of the molecule is CCc1cccc(CC)c1NC(=O)CN(CCc1ccccc1)S(=O)(=O)c1c(C)cc(C)cc1C. The Morgan fingerprint density at radius 1 is 0.857 bits per heavy atom. The number of nitrogens with one attached hydrogen (secondary N) is 1. The summed E-state index contributed by atoms with van der Waals surface area (Å²) in [6.07, 6.45) is 2.07. The predicted molar refractivity (Wildman–Crippen MR) is 143 cm³/mol. The van der Waals surface area contributed by atoms with Crippen molar-refractivity contribution >= 4 is 21.6 Å². The Labute approximate surface area is 210 Å². The number of benzene rings is 3. The van der Waals surface area contributed by atoms with E-state index in [4.69, 9.17) is 0 Å². The molecule has 0 aliphatic rings. The zero-order chi connectivity index (χ0) is 25.6. The minimum absolute atomic E-state index is 0.211. The molecular formula is C29H36N2O3S. The topological polar surface area (TPSA) is 66.5 Å². The lowest BCUT2D eigenvalue weighted by atomic mass is 10.0. The van der Waals surface area contributed by atoms with Crippen molar-refractivity contribution in [3.8, 4) is 0 Å². The van der Waals surface area contributed by atoms with Gasteiger partial charge < -0.3 is 5.32 Å². The summed E-state index contributed by atoms with van der Waals surface area (Å²) in [5.74, 6) is -0.334. The summed E-state index contributed by atoms with van der Waals surface area (Å²) < 4.78 is 29.1. The lowest BCUT2D eigenvalue weighted by Crippen LogP contribution is -2.40. The van der Waals surface area contributed by atoms with Crippen molar-refractivity contribution < 1.29 is 13.2 Å². The van der Waals surface area contributed by atoms with Crippen LogP contribution in [-0.4, -0.2) is 31.7 Å². The maximum atomic E-state index is 13.9. The van der Waals surface area contributed by atoms with Gasteiger partial charge in [0.25, 0.3) is 0 Å². The van der Waals surface area contributed by atoms with Gasteiger partial charge in [0, 0.05) is 12.2 Å². The van der Waals surface area contributed by atoms with Crippen molar-refractivity contribution in [3.63, 3.8) is 0 Å². The lowest BCUT2D eigenvalue weighted by Gasteiger charge is -2.25. The molecule has 0 bridgehead atoms. The molecule has 0 aliphatic heterocycles. The number of anilines is 1. The summed E-state index contributed by atoms with van der Waals surface area (Å²) in [4.78, 5) is 13.5. The van der Waals surface area contributed by atoms with Gasteiger partial charge in [-0.15, -0.1) is 0 Å². The van der Waals surface area contributed by atoms with Gasteiger partial charge >= 0.3 is 0 Å². The van der Waals surface area contributed by atoms with E-state index in [0.717, 1.165) is 40.8 Å². The minimum atomic E-state index is -3.90. The predicted octanol–water partition coefficient (Wildman–Crippen LogP) is 5.61. The zero-order valence-electron chi connectivity index (χ0n) is 21.4. The molecule has 3 aromatic rings. The van der Waals surface area contributed by atoms with Crippen molar-refractivity contribution in [1.29, 1.82) is 0 Å². The standard InChI is InChI=1S/C29H36N2O3S/c1-6-25-14-11-15-26(7-2)28(25)30-27(32)20-31(17-16-24-12-9-8-10-13-24)35(33,34)29-22(4)18-21(3)19-23(29)5/h8-15,18-19H,6-7,16-17,20H2,1-5H3,(H,30,32). The van der Waals surface area contributed by atoms with E-state index in [1.165, 1.54) is 4.31 Å². The summed E-state index contributed by atoms with van der Waals surface area (Å²) in [7, 11) is -3.90. The van der Waals surface area contributed by atoms with Gasteiger partial charge in [-0.2, -0.15) is 4.31 Å². The lowest BCUT2D eigenvalue weighted by molar-refractivity contribution is -0.116. The average molecular weight is 493 g/mol. The van der Waals surface area contributed by atoms with Gasteiger partial charge in [-0.25, -0.2) is 8.42 Å². The molecule has 0 heterocycles. The molecule has 0 aliphatic carbocycles. The maximum absolute atomic E-state index is 13.9. The van der Waals surface area contributed by atoms with Gasteiger partial charge in [0.1, 0.15) is 0 Å². The fraction of sp³-hybridized carbons (Fsp3) is 0.345. The fourth-order valence-electron chi connectivity index (χ4n) is 4.63. The first-order valence-electron chi connectivity index (χ1n) is 12.2. The van der Waals surface area contributed by atoms with Crippen LogP contribution in [0.25, 0.3) is 0 Å². The largest absolute Gasteiger partial charge is 0.324 e. The Bertz CT molecular complexity index is 1240. The van der Waals surface area contributed by atoms with Gasteiger partial charge in [-0.05, 0) is 67.9 Å². The number of amides is 1. The number of hydrogen-bond donors (Lipinski definition) is 1. The average Bonchev–Trinajstić information content (AvgIpc) is 2.81. The number of nitrogens with zero attached hydrogens (tertiary/aromatic N) is 1. The molecule has 0 saturated carbocycles. The third-order valence-electron chi connectivity index (χ3n) is 6.28. The first-order valence-corrected chi connectivity index (χ1v) is 13.6. The molecule has 0 spiro atoms. The van der Waals surface area contributed by atoms with Crippen LogP contribution in [0.4, 0.5) is 5.69 Å². The number of aryl methyl sites for hydroxylation is 5. The highest BCUT2D eigenvalue weighted by molar-refractivity contribution is 7.89. The van der Waals surface area contributed by atoms with E-state index in [1.807, 2.05) is 95.3 Å². The Hall–Kier alpha value is -2.96. The molecule has 5 nitrogen and oxygen atoms in total. The molecular weight excluding hydrogens is 456 g/mol. The van der Waals surface area contributed by atoms with Crippen LogP contribution in [0.15, 0.2) is 65.6 Å². The van der Waals surface area contributed by atoms with Crippen LogP contribution >= 0.6 is 0 Å². The van der Waals surface area contributed by atoms with E-state index in [9.17, 15) is 13.2 Å². The number of carbonyl (C=O) groups excluding carboxylic acids is 1. The van der Waals surface area contributed by atoms with E-state index in [1.54, 1.807) is 0 Å². The van der Waals surface area contributed by atoms with E-state index < -0.39 is 10.0 Å². The second-order valence-electron chi connectivity index (χ2n) is 9.01. The van der Waals surface area contributed by atoms with Gasteiger partial charge in [0.05, 0.1) is 11.4 Å². The second kappa shape index (κ2) is 11.6. The number of sulfonamides is 1. The highest BCUT2D eigenvalue weighted by Gasteiger charge is 2.30. The van der Waals surface area contributed by atoms with Crippen LogP contribution in [0.3, 0.4) is 0 Å². The number of carbonyl (C=O) groups is 1. The smallest absolute Gasteiger partial charge is 0.244 e. The number of hydrogen-bond acceptors (Lipinski definition) is 3. The molecule has 0 fully saturated rings. The Morgan fingerprint density at radius 2 is 1.43 bits per heavy atom. The number of para-hydroxylation sites is 1. The Morgan fingerprint density at radius 3 is 1.97 bits per heavy atom. The summed E-state index contributed by atoms with van der Waals surface area (Å²) in [6.45, 7) is 9.63.